The molecule has 0 spiro atoms. The number of hydrogen-bond acceptors (Lipinski definition) is 4. The van der Waals surface area contributed by atoms with Crippen LogP contribution in [0.15, 0.2) is 0 Å². The molecule has 0 aromatic heterocycles. The summed E-state index contributed by atoms with van der Waals surface area (Å²) in [5.74, 6) is -1.13. The van der Waals surface area contributed by atoms with E-state index in [1.807, 2.05) is 0 Å². The molecule has 0 aliphatic carbocycles. The van der Waals surface area contributed by atoms with E-state index in [9.17, 15) is 9.59 Å². The molecule has 6 heteroatoms. The van der Waals surface area contributed by atoms with Gasteiger partial charge in [0.25, 0.3) is 0 Å². The van der Waals surface area contributed by atoms with E-state index in [0.717, 1.165) is 11.8 Å². The molecule has 1 atom stereocenters. The number of thioether (sulfide) groups is 1. The van der Waals surface area contributed by atoms with Crippen LogP contribution in [0.2, 0.25) is 0 Å². The van der Waals surface area contributed by atoms with Crippen molar-refractivity contribution in [3.05, 3.63) is 0 Å². The number of carbonyl (C=O) groups excluding carboxylic acids is 1. The van der Waals surface area contributed by atoms with Crippen LogP contribution < -0.4 is 5.32 Å². The molecule has 0 aliphatic heterocycles. The van der Waals surface area contributed by atoms with Gasteiger partial charge in [-0.3, -0.25) is 9.59 Å². The van der Waals surface area contributed by atoms with Gasteiger partial charge in [0.2, 0.25) is 5.91 Å². The molecule has 0 aliphatic rings. The quantitative estimate of drug-likeness (QED) is 0.590. The van der Waals surface area contributed by atoms with Gasteiger partial charge in [0.05, 0.1) is 17.6 Å². The van der Waals surface area contributed by atoms with Crippen LogP contribution in [-0.4, -0.2) is 48.2 Å². The molecule has 0 fully saturated rings. The Kier molecular flexibility index (Phi) is 7.23. The molecule has 0 aromatic carbocycles. The maximum absolute atomic E-state index is 11.2. The molecule has 5 nitrogen and oxygen atoms in total. The molecular formula is C8H15NO4S. The van der Waals surface area contributed by atoms with Gasteiger partial charge in [0, 0.05) is 13.7 Å². The Morgan fingerprint density at radius 2 is 2.21 bits per heavy atom. The van der Waals surface area contributed by atoms with Crippen LogP contribution >= 0.6 is 11.8 Å². The number of carbonyl (C=O) groups is 2. The predicted molar refractivity (Wildman–Crippen MR) is 54.4 cm³/mol. The number of ether oxygens (including phenoxy) is 1. The van der Waals surface area contributed by atoms with Crippen LogP contribution in [0.25, 0.3) is 0 Å². The standard InChI is InChI=1S/C8H15NO4S/c1-6(14-5-7(10)11)8(12)9-3-4-13-2/h6H,3-5H2,1-2H3,(H,9,12)(H,10,11). The van der Waals surface area contributed by atoms with E-state index >= 15 is 0 Å². The van der Waals surface area contributed by atoms with Gasteiger partial charge < -0.3 is 15.2 Å². The van der Waals surface area contributed by atoms with Crippen LogP contribution in [-0.2, 0) is 14.3 Å². The van der Waals surface area contributed by atoms with Crippen LogP contribution in [0.4, 0.5) is 0 Å². The highest BCUT2D eigenvalue weighted by Crippen LogP contribution is 2.09. The molecule has 1 unspecified atom stereocenters. The topological polar surface area (TPSA) is 75.6 Å². The lowest BCUT2D eigenvalue weighted by atomic mass is 10.4. The Bertz CT molecular complexity index is 198. The molecule has 2 N–H and O–H groups in total. The molecule has 0 aromatic rings. The summed E-state index contributed by atoms with van der Waals surface area (Å²) in [6.45, 7) is 2.59. The first-order valence-corrected chi connectivity index (χ1v) is 5.23. The zero-order valence-corrected chi connectivity index (χ0v) is 9.10. The molecule has 0 heterocycles. The zero-order chi connectivity index (χ0) is 11.0. The van der Waals surface area contributed by atoms with Gasteiger partial charge in [-0.05, 0) is 6.92 Å². The molecule has 1 amide bonds. The van der Waals surface area contributed by atoms with Gasteiger partial charge in [-0.1, -0.05) is 0 Å². The van der Waals surface area contributed by atoms with Crippen LogP contribution in [0.1, 0.15) is 6.92 Å². The summed E-state index contributed by atoms with van der Waals surface area (Å²) in [6, 6.07) is 0. The van der Waals surface area contributed by atoms with Crippen molar-refractivity contribution in [1.82, 2.24) is 5.32 Å². The number of carboxylic acids is 1. The van der Waals surface area contributed by atoms with Crippen LogP contribution in [0.5, 0.6) is 0 Å². The maximum Gasteiger partial charge on any atom is 0.313 e. The summed E-state index contributed by atoms with van der Waals surface area (Å²) in [7, 11) is 1.55. The number of methoxy groups -OCH3 is 1. The first kappa shape index (κ1) is 13.2. The Morgan fingerprint density at radius 3 is 2.71 bits per heavy atom. The first-order chi connectivity index (χ1) is 6.57. The van der Waals surface area contributed by atoms with E-state index in [4.69, 9.17) is 9.84 Å². The number of aliphatic carboxylic acids is 1. The smallest absolute Gasteiger partial charge is 0.313 e. The molecule has 82 valence electrons. The highest BCUT2D eigenvalue weighted by Gasteiger charge is 2.13. The Hall–Kier alpha value is -0.750. The van der Waals surface area contributed by atoms with E-state index in [1.54, 1.807) is 14.0 Å². The summed E-state index contributed by atoms with van der Waals surface area (Å²) in [5.41, 5.74) is 0. The Labute approximate surface area is 87.2 Å². The number of nitrogens with one attached hydrogen (secondary N) is 1. The summed E-state index contributed by atoms with van der Waals surface area (Å²) < 4.78 is 4.75. The van der Waals surface area contributed by atoms with Crippen LogP contribution in [0, 0.1) is 0 Å². The van der Waals surface area contributed by atoms with Gasteiger partial charge in [0.1, 0.15) is 0 Å². The maximum atomic E-state index is 11.2. The van der Waals surface area contributed by atoms with Gasteiger partial charge in [-0.2, -0.15) is 0 Å². The molecule has 0 saturated carbocycles. The summed E-state index contributed by atoms with van der Waals surface area (Å²) in [6.07, 6.45) is 0. The lowest BCUT2D eigenvalue weighted by molar-refractivity contribution is -0.133. The molecule has 0 radical (unpaired) electrons. The van der Waals surface area contributed by atoms with E-state index in [-0.39, 0.29) is 16.9 Å². The largest absolute Gasteiger partial charge is 0.481 e. The van der Waals surface area contributed by atoms with Crippen molar-refractivity contribution in [1.29, 1.82) is 0 Å². The Balaban J connectivity index is 3.59. The lowest BCUT2D eigenvalue weighted by Gasteiger charge is -2.10. The summed E-state index contributed by atoms with van der Waals surface area (Å²) in [5, 5.41) is 10.7. The fraction of sp³-hybridized carbons (Fsp3) is 0.750. The third-order valence-electron chi connectivity index (χ3n) is 1.43. The average Bonchev–Trinajstić information content (AvgIpc) is 2.14. The number of carboxylic acid groups (broad SMARTS) is 1. The highest BCUT2D eigenvalue weighted by atomic mass is 32.2. The SMILES string of the molecule is COCCNC(=O)C(C)SCC(=O)O. The van der Waals surface area contributed by atoms with E-state index in [0.29, 0.717) is 13.2 Å². The summed E-state index contributed by atoms with van der Waals surface area (Å²) >= 11 is 1.10. The van der Waals surface area contributed by atoms with Crippen molar-refractivity contribution < 1.29 is 19.4 Å². The average molecular weight is 221 g/mol. The second kappa shape index (κ2) is 7.64. The molecule has 0 rings (SSSR count). The number of amides is 1. The van der Waals surface area contributed by atoms with Gasteiger partial charge in [0.15, 0.2) is 0 Å². The second-order valence-corrected chi connectivity index (χ2v) is 3.96. The number of hydrogen-bond donors (Lipinski definition) is 2. The van der Waals surface area contributed by atoms with Crippen LogP contribution in [0.3, 0.4) is 0 Å². The molecular weight excluding hydrogens is 206 g/mol. The molecule has 14 heavy (non-hydrogen) atoms. The number of rotatable bonds is 7. The summed E-state index contributed by atoms with van der Waals surface area (Å²) in [4.78, 5) is 21.5. The van der Waals surface area contributed by atoms with E-state index in [1.165, 1.54) is 0 Å². The van der Waals surface area contributed by atoms with E-state index in [2.05, 4.69) is 5.32 Å². The van der Waals surface area contributed by atoms with Gasteiger partial charge in [-0.15, -0.1) is 11.8 Å². The van der Waals surface area contributed by atoms with Crippen molar-refractivity contribution in [3.63, 3.8) is 0 Å². The molecule has 0 bridgehead atoms. The van der Waals surface area contributed by atoms with Crippen molar-refractivity contribution in [2.24, 2.45) is 0 Å². The van der Waals surface area contributed by atoms with Crippen molar-refractivity contribution in [3.8, 4) is 0 Å². The zero-order valence-electron chi connectivity index (χ0n) is 8.28. The fourth-order valence-corrected chi connectivity index (χ4v) is 1.32. The van der Waals surface area contributed by atoms with Crippen molar-refractivity contribution in [2.45, 2.75) is 12.2 Å². The van der Waals surface area contributed by atoms with Crippen molar-refractivity contribution >= 4 is 23.6 Å². The Morgan fingerprint density at radius 1 is 1.57 bits per heavy atom. The second-order valence-electron chi connectivity index (χ2n) is 2.63. The minimum atomic E-state index is -0.911. The fourth-order valence-electron chi connectivity index (χ4n) is 0.692. The minimum absolute atomic E-state index is 0.0567. The third kappa shape index (κ3) is 6.73. The van der Waals surface area contributed by atoms with Gasteiger partial charge >= 0.3 is 5.97 Å². The lowest BCUT2D eigenvalue weighted by Crippen LogP contribution is -2.33. The third-order valence-corrected chi connectivity index (χ3v) is 2.56. The normalized spacial score (nSPS) is 12.1. The predicted octanol–water partition coefficient (Wildman–Crippen LogP) is -0.0447. The van der Waals surface area contributed by atoms with Crippen molar-refractivity contribution in [2.75, 3.05) is 26.0 Å². The first-order valence-electron chi connectivity index (χ1n) is 4.18. The minimum Gasteiger partial charge on any atom is -0.481 e. The monoisotopic (exact) mass is 221 g/mol. The van der Waals surface area contributed by atoms with Gasteiger partial charge in [-0.25, -0.2) is 0 Å². The van der Waals surface area contributed by atoms with E-state index < -0.39 is 5.97 Å². The highest BCUT2D eigenvalue weighted by molar-refractivity contribution is 8.01. The molecule has 0 saturated heterocycles.